The Morgan fingerprint density at radius 3 is 3.22 bits per heavy atom. The Morgan fingerprint density at radius 2 is 2.39 bits per heavy atom. The maximum Gasteiger partial charge on any atom is 0.159 e. The van der Waals surface area contributed by atoms with Crippen LogP contribution in [0, 0.1) is 0 Å². The predicted octanol–water partition coefficient (Wildman–Crippen LogP) is 1.41. The monoisotopic (exact) mass is 315 g/mol. The van der Waals surface area contributed by atoms with E-state index in [1.165, 1.54) is 18.2 Å². The van der Waals surface area contributed by atoms with E-state index >= 15 is 0 Å². The van der Waals surface area contributed by atoms with Gasteiger partial charge in [0.1, 0.15) is 18.5 Å². The minimum Gasteiger partial charge on any atom is -0.491 e. The number of fused-ring (bicyclic) bond motifs is 1. The molecular weight excluding hydrogens is 294 g/mol. The number of hydrogen-bond acceptors (Lipinski definition) is 5. The van der Waals surface area contributed by atoms with Gasteiger partial charge in [0.15, 0.2) is 5.78 Å². The highest BCUT2D eigenvalue weighted by atomic mass is 16.5. The zero-order chi connectivity index (χ0) is 16.2. The maximum atomic E-state index is 11.4. The summed E-state index contributed by atoms with van der Waals surface area (Å²) in [5, 5.41) is 17.2. The van der Waals surface area contributed by atoms with Crippen molar-refractivity contribution < 1.29 is 14.6 Å². The minimum absolute atomic E-state index is 0.000214. The third-order valence-electron chi connectivity index (χ3n) is 4.03. The maximum absolute atomic E-state index is 11.4. The molecular formula is C17H21N3O3. The van der Waals surface area contributed by atoms with E-state index in [1.807, 2.05) is 6.20 Å². The number of aromatic amines is 1. The van der Waals surface area contributed by atoms with Crippen LogP contribution in [-0.4, -0.2) is 51.8 Å². The molecule has 1 aromatic carbocycles. The van der Waals surface area contributed by atoms with Gasteiger partial charge in [-0.3, -0.25) is 14.8 Å². The number of ketones is 1. The molecule has 2 N–H and O–H groups in total. The second kappa shape index (κ2) is 6.93. The number of hydrogen-bond donors (Lipinski definition) is 2. The SMILES string of the molecule is CC(=O)c1cccc(OCC(O)CN2CCc3[nH]ncc3C2)c1. The molecule has 0 aliphatic carbocycles. The molecule has 6 nitrogen and oxygen atoms in total. The molecule has 1 unspecified atom stereocenters. The molecule has 1 aliphatic heterocycles. The molecule has 122 valence electrons. The summed E-state index contributed by atoms with van der Waals surface area (Å²) in [6.45, 7) is 3.97. The van der Waals surface area contributed by atoms with E-state index in [1.54, 1.807) is 24.3 Å². The van der Waals surface area contributed by atoms with Crippen molar-refractivity contribution in [3.8, 4) is 5.75 Å². The van der Waals surface area contributed by atoms with Crippen molar-refractivity contribution in [3.63, 3.8) is 0 Å². The third kappa shape index (κ3) is 3.97. The van der Waals surface area contributed by atoms with Crippen molar-refractivity contribution in [1.82, 2.24) is 15.1 Å². The van der Waals surface area contributed by atoms with E-state index in [0.717, 1.165) is 19.5 Å². The van der Waals surface area contributed by atoms with E-state index in [-0.39, 0.29) is 12.4 Å². The van der Waals surface area contributed by atoms with Crippen molar-refractivity contribution in [2.75, 3.05) is 19.7 Å². The van der Waals surface area contributed by atoms with Crippen LogP contribution in [0.25, 0.3) is 0 Å². The number of Topliss-reactive ketones (excluding diaryl/α,β-unsaturated/α-hetero) is 1. The normalized spacial score (nSPS) is 15.9. The average Bonchev–Trinajstić information content (AvgIpc) is 3.01. The fourth-order valence-electron chi connectivity index (χ4n) is 2.78. The lowest BCUT2D eigenvalue weighted by molar-refractivity contribution is 0.0636. The summed E-state index contributed by atoms with van der Waals surface area (Å²) in [6, 6.07) is 7.02. The molecule has 1 aromatic heterocycles. The number of aromatic nitrogens is 2. The van der Waals surface area contributed by atoms with Crippen molar-refractivity contribution in [1.29, 1.82) is 0 Å². The Hall–Kier alpha value is -2.18. The number of carbonyl (C=O) groups is 1. The quantitative estimate of drug-likeness (QED) is 0.788. The van der Waals surface area contributed by atoms with Crippen LogP contribution in [0.1, 0.15) is 28.5 Å². The summed E-state index contributed by atoms with van der Waals surface area (Å²) in [4.78, 5) is 13.5. The van der Waals surface area contributed by atoms with E-state index in [4.69, 9.17) is 4.74 Å². The molecule has 2 heterocycles. The van der Waals surface area contributed by atoms with Crippen LogP contribution in [0.5, 0.6) is 5.75 Å². The molecule has 0 saturated heterocycles. The molecule has 0 spiro atoms. The van der Waals surface area contributed by atoms with Gasteiger partial charge in [-0.05, 0) is 19.1 Å². The molecule has 1 atom stereocenters. The predicted molar refractivity (Wildman–Crippen MR) is 85.5 cm³/mol. The highest BCUT2D eigenvalue weighted by Gasteiger charge is 2.20. The van der Waals surface area contributed by atoms with E-state index in [2.05, 4.69) is 15.1 Å². The van der Waals surface area contributed by atoms with Gasteiger partial charge in [0, 0.05) is 42.9 Å². The summed E-state index contributed by atoms with van der Waals surface area (Å²) in [5.41, 5.74) is 2.99. The highest BCUT2D eigenvalue weighted by molar-refractivity contribution is 5.94. The smallest absolute Gasteiger partial charge is 0.159 e. The van der Waals surface area contributed by atoms with Crippen LogP contribution < -0.4 is 4.74 Å². The Balaban J connectivity index is 1.49. The number of carbonyl (C=O) groups excluding carboxylic acids is 1. The first-order valence-corrected chi connectivity index (χ1v) is 7.77. The number of β-amino-alcohol motifs (C(OH)–C–C–N with tert-alkyl or cyclic N) is 1. The van der Waals surface area contributed by atoms with Crippen molar-refractivity contribution >= 4 is 5.78 Å². The number of aliphatic hydroxyl groups excluding tert-OH is 1. The standard InChI is InChI=1S/C17H21N3O3/c1-12(21)13-3-2-4-16(7-13)23-11-15(22)10-20-6-5-17-14(9-20)8-18-19-17/h2-4,7-8,15,22H,5-6,9-11H2,1H3,(H,18,19). The topological polar surface area (TPSA) is 78.5 Å². The van der Waals surface area contributed by atoms with E-state index in [0.29, 0.717) is 17.9 Å². The Labute approximate surface area is 135 Å². The first-order valence-electron chi connectivity index (χ1n) is 7.77. The number of nitrogens with one attached hydrogen (secondary N) is 1. The van der Waals surface area contributed by atoms with Crippen LogP contribution in [0.2, 0.25) is 0 Å². The number of H-pyrrole nitrogens is 1. The lowest BCUT2D eigenvalue weighted by Crippen LogP contribution is -2.38. The molecule has 3 rings (SSSR count). The average molecular weight is 315 g/mol. The second-order valence-electron chi connectivity index (χ2n) is 5.91. The fraction of sp³-hybridized carbons (Fsp3) is 0.412. The minimum atomic E-state index is -0.579. The summed E-state index contributed by atoms with van der Waals surface area (Å²) in [5.74, 6) is 0.604. The van der Waals surface area contributed by atoms with E-state index < -0.39 is 6.10 Å². The largest absolute Gasteiger partial charge is 0.491 e. The van der Waals surface area contributed by atoms with Crippen LogP contribution >= 0.6 is 0 Å². The highest BCUT2D eigenvalue weighted by Crippen LogP contribution is 2.17. The van der Waals surface area contributed by atoms with Gasteiger partial charge < -0.3 is 9.84 Å². The van der Waals surface area contributed by atoms with Gasteiger partial charge in [-0.15, -0.1) is 0 Å². The van der Waals surface area contributed by atoms with Crippen LogP contribution in [-0.2, 0) is 13.0 Å². The second-order valence-corrected chi connectivity index (χ2v) is 5.91. The Morgan fingerprint density at radius 1 is 1.52 bits per heavy atom. The molecule has 23 heavy (non-hydrogen) atoms. The lowest BCUT2D eigenvalue weighted by atomic mass is 10.1. The molecule has 6 heteroatoms. The number of rotatable bonds is 6. The zero-order valence-corrected chi connectivity index (χ0v) is 13.2. The van der Waals surface area contributed by atoms with Gasteiger partial charge >= 0.3 is 0 Å². The molecule has 0 fully saturated rings. The molecule has 0 saturated carbocycles. The molecule has 0 radical (unpaired) electrons. The summed E-state index contributed by atoms with van der Waals surface area (Å²) < 4.78 is 5.61. The van der Waals surface area contributed by atoms with Gasteiger partial charge in [-0.2, -0.15) is 5.10 Å². The van der Waals surface area contributed by atoms with Gasteiger partial charge in [0.25, 0.3) is 0 Å². The number of benzene rings is 1. The van der Waals surface area contributed by atoms with Gasteiger partial charge in [0.2, 0.25) is 0 Å². The van der Waals surface area contributed by atoms with Crippen LogP contribution in [0.3, 0.4) is 0 Å². The fourth-order valence-corrected chi connectivity index (χ4v) is 2.78. The van der Waals surface area contributed by atoms with Crippen LogP contribution in [0.4, 0.5) is 0 Å². The molecule has 2 aromatic rings. The molecule has 0 amide bonds. The van der Waals surface area contributed by atoms with Crippen molar-refractivity contribution in [2.45, 2.75) is 26.0 Å². The summed E-state index contributed by atoms with van der Waals surface area (Å²) in [7, 11) is 0. The van der Waals surface area contributed by atoms with Crippen molar-refractivity contribution in [2.24, 2.45) is 0 Å². The third-order valence-corrected chi connectivity index (χ3v) is 4.03. The van der Waals surface area contributed by atoms with Gasteiger partial charge in [-0.25, -0.2) is 0 Å². The number of ether oxygens (including phenoxy) is 1. The molecule has 0 bridgehead atoms. The number of nitrogens with zero attached hydrogens (tertiary/aromatic N) is 2. The van der Waals surface area contributed by atoms with E-state index in [9.17, 15) is 9.90 Å². The first kappa shape index (κ1) is 15.7. The summed E-state index contributed by atoms with van der Waals surface area (Å²) in [6.07, 6.45) is 2.19. The molecule has 1 aliphatic rings. The number of aliphatic hydroxyl groups is 1. The lowest BCUT2D eigenvalue weighted by Gasteiger charge is -2.28. The summed E-state index contributed by atoms with van der Waals surface area (Å²) >= 11 is 0. The first-order chi connectivity index (χ1) is 11.1. The Kier molecular flexibility index (Phi) is 4.73. The Bertz CT molecular complexity index is 683. The van der Waals surface area contributed by atoms with Gasteiger partial charge in [-0.1, -0.05) is 12.1 Å². The van der Waals surface area contributed by atoms with Crippen LogP contribution in [0.15, 0.2) is 30.5 Å². The van der Waals surface area contributed by atoms with Gasteiger partial charge in [0.05, 0.1) is 6.20 Å². The van der Waals surface area contributed by atoms with Crippen molar-refractivity contribution in [3.05, 3.63) is 47.3 Å². The zero-order valence-electron chi connectivity index (χ0n) is 13.2.